The molecule has 1 N–H and O–H groups in total. The molecule has 0 atom stereocenters. The summed E-state index contributed by atoms with van der Waals surface area (Å²) in [4.78, 5) is 13.5. The van der Waals surface area contributed by atoms with Crippen molar-refractivity contribution in [3.8, 4) is 0 Å². The third-order valence-electron chi connectivity index (χ3n) is 3.96. The number of halogens is 1. The van der Waals surface area contributed by atoms with Crippen molar-refractivity contribution in [2.24, 2.45) is 0 Å². The summed E-state index contributed by atoms with van der Waals surface area (Å²) in [5.41, 5.74) is 1.88. The lowest BCUT2D eigenvalue weighted by Crippen LogP contribution is -2.33. The van der Waals surface area contributed by atoms with E-state index in [-0.39, 0.29) is 10.8 Å². The van der Waals surface area contributed by atoms with Crippen LogP contribution >= 0.6 is 0 Å². The Hall–Kier alpha value is -2.41. The van der Waals surface area contributed by atoms with Gasteiger partial charge in [-0.15, -0.1) is 0 Å². The van der Waals surface area contributed by atoms with E-state index in [0.29, 0.717) is 12.2 Å². The number of anilines is 2. The van der Waals surface area contributed by atoms with Crippen LogP contribution in [0.4, 0.5) is 15.8 Å². The Labute approximate surface area is 140 Å². The monoisotopic (exact) mass is 348 g/mol. The minimum Gasteiger partial charge on any atom is -0.312 e. The molecule has 0 bridgehead atoms. The Morgan fingerprint density at radius 3 is 2.54 bits per heavy atom. The summed E-state index contributed by atoms with van der Waals surface area (Å²) in [7, 11) is -3.77. The van der Waals surface area contributed by atoms with Crippen molar-refractivity contribution in [2.45, 2.75) is 24.7 Å². The second kappa shape index (κ2) is 6.24. The van der Waals surface area contributed by atoms with Gasteiger partial charge in [-0.1, -0.05) is 0 Å². The lowest BCUT2D eigenvalue weighted by atomic mass is 10.0. The number of aryl methyl sites for hydroxylation is 1. The molecule has 0 fully saturated rings. The van der Waals surface area contributed by atoms with Gasteiger partial charge < -0.3 is 4.90 Å². The lowest BCUT2D eigenvalue weighted by molar-refractivity contribution is -0.116. The highest BCUT2D eigenvalue weighted by Crippen LogP contribution is 2.30. The zero-order valence-electron chi connectivity index (χ0n) is 13.1. The van der Waals surface area contributed by atoms with Crippen LogP contribution in [-0.4, -0.2) is 20.9 Å². The molecule has 0 saturated carbocycles. The molecule has 1 heterocycles. The molecule has 5 nitrogen and oxygen atoms in total. The second-order valence-electron chi connectivity index (χ2n) is 5.68. The topological polar surface area (TPSA) is 66.5 Å². The molecule has 2 aromatic carbocycles. The van der Waals surface area contributed by atoms with E-state index in [1.54, 1.807) is 17.0 Å². The Morgan fingerprint density at radius 1 is 1.17 bits per heavy atom. The number of nitrogens with zero attached hydrogens (tertiary/aromatic N) is 1. The lowest BCUT2D eigenvalue weighted by Gasteiger charge is -2.28. The van der Waals surface area contributed by atoms with E-state index in [1.165, 1.54) is 37.3 Å². The minimum atomic E-state index is -3.77. The molecule has 0 spiro atoms. The van der Waals surface area contributed by atoms with Crippen molar-refractivity contribution in [3.63, 3.8) is 0 Å². The van der Waals surface area contributed by atoms with Crippen molar-refractivity contribution >= 4 is 27.3 Å². The fourth-order valence-corrected chi connectivity index (χ4v) is 3.91. The van der Waals surface area contributed by atoms with Crippen LogP contribution in [0, 0.1) is 5.82 Å². The summed E-state index contributed by atoms with van der Waals surface area (Å²) in [5, 5.41) is 0. The highest BCUT2D eigenvalue weighted by Gasteiger charge is 2.23. The fourth-order valence-electron chi connectivity index (χ4n) is 2.80. The quantitative estimate of drug-likeness (QED) is 0.927. The number of fused-ring (bicyclic) bond motifs is 1. The molecule has 3 rings (SSSR count). The number of hydrogen-bond donors (Lipinski definition) is 1. The first-order valence-electron chi connectivity index (χ1n) is 7.56. The molecular weight excluding hydrogens is 331 g/mol. The van der Waals surface area contributed by atoms with Gasteiger partial charge in [-0.05, 0) is 60.9 Å². The van der Waals surface area contributed by atoms with Gasteiger partial charge in [0.05, 0.1) is 4.90 Å². The molecule has 2 aromatic rings. The Balaban J connectivity index is 1.91. The van der Waals surface area contributed by atoms with Crippen LogP contribution in [0.25, 0.3) is 0 Å². The van der Waals surface area contributed by atoms with Crippen LogP contribution in [0.2, 0.25) is 0 Å². The van der Waals surface area contributed by atoms with Crippen LogP contribution in [0.5, 0.6) is 0 Å². The number of rotatable bonds is 3. The summed E-state index contributed by atoms with van der Waals surface area (Å²) in [6.45, 7) is 2.14. The van der Waals surface area contributed by atoms with Crippen molar-refractivity contribution in [2.75, 3.05) is 16.2 Å². The van der Waals surface area contributed by atoms with Gasteiger partial charge in [0.15, 0.2) is 0 Å². The molecule has 0 aromatic heterocycles. The number of carbonyl (C=O) groups excluding carboxylic acids is 1. The van der Waals surface area contributed by atoms with E-state index in [2.05, 4.69) is 4.72 Å². The van der Waals surface area contributed by atoms with Gasteiger partial charge in [-0.2, -0.15) is 0 Å². The minimum absolute atomic E-state index is 0.0593. The first-order valence-corrected chi connectivity index (χ1v) is 9.04. The van der Waals surface area contributed by atoms with Gasteiger partial charge in [0, 0.05) is 24.8 Å². The summed E-state index contributed by atoms with van der Waals surface area (Å²) in [6, 6.07) is 9.84. The van der Waals surface area contributed by atoms with Gasteiger partial charge in [0.25, 0.3) is 10.0 Å². The standard InChI is InChI=1S/C17H17FN2O3S/c1-12(21)20-10-2-3-13-11-16(8-9-17(13)20)24(22,23)19-15-6-4-14(18)5-7-15/h4-9,11,19H,2-3,10H2,1H3. The summed E-state index contributed by atoms with van der Waals surface area (Å²) < 4.78 is 40.4. The molecule has 126 valence electrons. The average molecular weight is 348 g/mol. The molecule has 1 aliphatic heterocycles. The molecule has 1 amide bonds. The number of benzene rings is 2. The SMILES string of the molecule is CC(=O)N1CCCc2cc(S(=O)(=O)Nc3ccc(F)cc3)ccc21. The Kier molecular flexibility index (Phi) is 4.28. The number of nitrogens with one attached hydrogen (secondary N) is 1. The summed E-state index contributed by atoms with van der Waals surface area (Å²) >= 11 is 0. The normalized spacial score (nSPS) is 14.2. The van der Waals surface area contributed by atoms with E-state index in [0.717, 1.165) is 24.1 Å². The number of carbonyl (C=O) groups is 1. The molecule has 1 aliphatic rings. The van der Waals surface area contributed by atoms with E-state index < -0.39 is 15.8 Å². The molecule has 24 heavy (non-hydrogen) atoms. The predicted molar refractivity (Wildman–Crippen MR) is 90.0 cm³/mol. The van der Waals surface area contributed by atoms with Gasteiger partial charge >= 0.3 is 0 Å². The number of sulfonamides is 1. The van der Waals surface area contributed by atoms with Crippen LogP contribution < -0.4 is 9.62 Å². The molecule has 0 saturated heterocycles. The van der Waals surface area contributed by atoms with Crippen LogP contribution in [0.1, 0.15) is 18.9 Å². The van der Waals surface area contributed by atoms with Gasteiger partial charge in [-0.25, -0.2) is 12.8 Å². The molecule has 0 unspecified atom stereocenters. The highest BCUT2D eigenvalue weighted by molar-refractivity contribution is 7.92. The fraction of sp³-hybridized carbons (Fsp3) is 0.235. The van der Waals surface area contributed by atoms with Gasteiger partial charge in [-0.3, -0.25) is 9.52 Å². The summed E-state index contributed by atoms with van der Waals surface area (Å²) in [5.74, 6) is -0.493. The van der Waals surface area contributed by atoms with Crippen LogP contribution in [0.3, 0.4) is 0 Å². The third-order valence-corrected chi connectivity index (χ3v) is 5.34. The van der Waals surface area contributed by atoms with Crippen molar-refractivity contribution < 1.29 is 17.6 Å². The van der Waals surface area contributed by atoms with Crippen molar-refractivity contribution in [3.05, 3.63) is 53.8 Å². The van der Waals surface area contributed by atoms with Crippen molar-refractivity contribution in [1.29, 1.82) is 0 Å². The number of amides is 1. The zero-order valence-corrected chi connectivity index (χ0v) is 13.9. The van der Waals surface area contributed by atoms with E-state index in [1.807, 2.05) is 0 Å². The Bertz CT molecular complexity index is 879. The first kappa shape index (κ1) is 16.4. The van der Waals surface area contributed by atoms with Gasteiger partial charge in [0.2, 0.25) is 5.91 Å². The predicted octanol–water partition coefficient (Wildman–Crippen LogP) is 2.93. The average Bonchev–Trinajstić information content (AvgIpc) is 2.55. The number of hydrogen-bond acceptors (Lipinski definition) is 3. The molecule has 0 aliphatic carbocycles. The van der Waals surface area contributed by atoms with Crippen molar-refractivity contribution in [1.82, 2.24) is 0 Å². The molecule has 0 radical (unpaired) electrons. The van der Waals surface area contributed by atoms with Gasteiger partial charge in [0.1, 0.15) is 5.82 Å². The maximum Gasteiger partial charge on any atom is 0.261 e. The molecule has 7 heteroatoms. The van der Waals surface area contributed by atoms with E-state index in [9.17, 15) is 17.6 Å². The largest absolute Gasteiger partial charge is 0.312 e. The highest BCUT2D eigenvalue weighted by atomic mass is 32.2. The third kappa shape index (κ3) is 3.26. The Morgan fingerprint density at radius 2 is 1.88 bits per heavy atom. The van der Waals surface area contributed by atoms with Crippen LogP contribution in [-0.2, 0) is 21.2 Å². The zero-order chi connectivity index (χ0) is 17.3. The van der Waals surface area contributed by atoms with Crippen LogP contribution in [0.15, 0.2) is 47.4 Å². The first-order chi connectivity index (χ1) is 11.4. The van der Waals surface area contributed by atoms with E-state index >= 15 is 0 Å². The maximum absolute atomic E-state index is 12.9. The second-order valence-corrected chi connectivity index (χ2v) is 7.36. The summed E-state index contributed by atoms with van der Waals surface area (Å²) in [6.07, 6.45) is 1.51. The maximum atomic E-state index is 12.9. The van der Waals surface area contributed by atoms with E-state index in [4.69, 9.17) is 0 Å². The smallest absolute Gasteiger partial charge is 0.261 e. The molecular formula is C17H17FN2O3S.